The lowest BCUT2D eigenvalue weighted by atomic mass is 9.81. The Kier molecular flexibility index (Phi) is 5.42. The molecule has 0 radical (unpaired) electrons. The van der Waals surface area contributed by atoms with Crippen molar-refractivity contribution in [2.24, 2.45) is 17.6 Å². The second-order valence-electron chi connectivity index (χ2n) is 5.07. The van der Waals surface area contributed by atoms with Gasteiger partial charge in [-0.15, -0.1) is 0 Å². The van der Waals surface area contributed by atoms with Crippen molar-refractivity contribution in [3.8, 4) is 0 Å². The average molecular weight is 390 g/mol. The zero-order chi connectivity index (χ0) is 13.8. The van der Waals surface area contributed by atoms with Gasteiger partial charge in [0.15, 0.2) is 0 Å². The van der Waals surface area contributed by atoms with Crippen molar-refractivity contribution < 1.29 is 4.79 Å². The van der Waals surface area contributed by atoms with Crippen molar-refractivity contribution in [2.45, 2.75) is 25.7 Å². The summed E-state index contributed by atoms with van der Waals surface area (Å²) in [5.41, 5.74) is 6.49. The first kappa shape index (κ1) is 15.0. The third-order valence-electron chi connectivity index (χ3n) is 3.74. The van der Waals surface area contributed by atoms with E-state index in [0.717, 1.165) is 46.9 Å². The molecule has 1 aliphatic rings. The molecule has 0 unspecified atom stereocenters. The van der Waals surface area contributed by atoms with Gasteiger partial charge in [-0.1, -0.05) is 15.9 Å². The normalized spacial score (nSPS) is 23.1. The molecular weight excluding hydrogens is 372 g/mol. The molecule has 0 spiro atoms. The number of benzene rings is 1. The van der Waals surface area contributed by atoms with Crippen LogP contribution in [0.15, 0.2) is 27.1 Å². The van der Waals surface area contributed by atoms with Crippen LogP contribution in [0.2, 0.25) is 0 Å². The van der Waals surface area contributed by atoms with E-state index < -0.39 is 0 Å². The number of anilines is 1. The highest BCUT2D eigenvalue weighted by atomic mass is 79.9. The van der Waals surface area contributed by atoms with Crippen molar-refractivity contribution in [3.05, 3.63) is 27.1 Å². The van der Waals surface area contributed by atoms with Gasteiger partial charge in [-0.25, -0.2) is 0 Å². The first-order valence-electron chi connectivity index (χ1n) is 6.56. The molecule has 1 aliphatic carbocycles. The van der Waals surface area contributed by atoms with E-state index in [9.17, 15) is 4.79 Å². The summed E-state index contributed by atoms with van der Waals surface area (Å²) < 4.78 is 1.86. The largest absolute Gasteiger partial charge is 0.330 e. The van der Waals surface area contributed by atoms with E-state index in [1.165, 1.54) is 0 Å². The summed E-state index contributed by atoms with van der Waals surface area (Å²) in [6.07, 6.45) is 4.02. The third kappa shape index (κ3) is 4.04. The number of rotatable bonds is 3. The second-order valence-corrected chi connectivity index (χ2v) is 6.84. The topological polar surface area (TPSA) is 55.1 Å². The van der Waals surface area contributed by atoms with Gasteiger partial charge in [0.25, 0.3) is 0 Å². The number of nitrogens with one attached hydrogen (secondary N) is 1. The van der Waals surface area contributed by atoms with Crippen LogP contribution >= 0.6 is 31.9 Å². The number of hydrogen-bond donors (Lipinski definition) is 2. The minimum atomic E-state index is 0.119. The van der Waals surface area contributed by atoms with E-state index in [-0.39, 0.29) is 11.8 Å². The molecule has 0 bridgehead atoms. The Morgan fingerprint density at radius 2 is 1.95 bits per heavy atom. The molecule has 1 aromatic rings. The number of hydrogen-bond acceptors (Lipinski definition) is 2. The number of carbonyl (C=O) groups excluding carboxylic acids is 1. The molecule has 1 saturated carbocycles. The lowest BCUT2D eigenvalue weighted by molar-refractivity contribution is -0.121. The molecule has 0 heterocycles. The molecule has 0 saturated heterocycles. The standard InChI is InChI=1S/C14H18Br2N2O/c15-11-5-6-12(16)13(7-11)18-14(19)10-3-1-9(8-17)2-4-10/h5-7,9-10H,1-4,8,17H2,(H,18,19). The monoisotopic (exact) mass is 388 g/mol. The van der Waals surface area contributed by atoms with Crippen molar-refractivity contribution >= 4 is 43.5 Å². The Hall–Kier alpha value is -0.390. The Labute approximate surface area is 130 Å². The maximum atomic E-state index is 12.2. The van der Waals surface area contributed by atoms with Crippen molar-refractivity contribution in [1.82, 2.24) is 0 Å². The molecule has 3 nitrogen and oxygen atoms in total. The molecule has 19 heavy (non-hydrogen) atoms. The molecule has 5 heteroatoms. The molecule has 0 aromatic heterocycles. The summed E-state index contributed by atoms with van der Waals surface area (Å²) >= 11 is 6.87. The lowest BCUT2D eigenvalue weighted by Gasteiger charge is -2.26. The van der Waals surface area contributed by atoms with Gasteiger partial charge in [0.2, 0.25) is 5.91 Å². The molecular formula is C14H18Br2N2O. The fourth-order valence-electron chi connectivity index (χ4n) is 2.49. The SMILES string of the molecule is NCC1CCC(C(=O)Nc2cc(Br)ccc2Br)CC1. The number of carbonyl (C=O) groups is 1. The molecule has 2 rings (SSSR count). The fourth-order valence-corrected chi connectivity index (χ4v) is 3.20. The summed E-state index contributed by atoms with van der Waals surface area (Å²) in [6, 6.07) is 5.77. The van der Waals surface area contributed by atoms with Crippen molar-refractivity contribution in [1.29, 1.82) is 0 Å². The molecule has 1 fully saturated rings. The minimum absolute atomic E-state index is 0.119. The molecule has 104 valence electrons. The van der Waals surface area contributed by atoms with Gasteiger partial charge in [0.05, 0.1) is 5.69 Å². The predicted molar refractivity (Wildman–Crippen MR) is 85.0 cm³/mol. The number of nitrogens with two attached hydrogens (primary N) is 1. The van der Waals surface area contributed by atoms with E-state index >= 15 is 0 Å². The van der Waals surface area contributed by atoms with Crippen LogP contribution in [0.5, 0.6) is 0 Å². The Morgan fingerprint density at radius 3 is 2.58 bits per heavy atom. The third-order valence-corrected chi connectivity index (χ3v) is 4.92. The quantitative estimate of drug-likeness (QED) is 0.823. The first-order chi connectivity index (χ1) is 9.10. The van der Waals surface area contributed by atoms with Crippen LogP contribution in [-0.2, 0) is 4.79 Å². The molecule has 0 aliphatic heterocycles. The summed E-state index contributed by atoms with van der Waals surface area (Å²) in [4.78, 5) is 12.2. The summed E-state index contributed by atoms with van der Waals surface area (Å²) in [7, 11) is 0. The van der Waals surface area contributed by atoms with Gasteiger partial charge in [-0.05, 0) is 72.3 Å². The van der Waals surface area contributed by atoms with Crippen molar-refractivity contribution in [2.75, 3.05) is 11.9 Å². The zero-order valence-corrected chi connectivity index (χ0v) is 13.8. The highest BCUT2D eigenvalue weighted by molar-refractivity contribution is 9.11. The van der Waals surface area contributed by atoms with Crippen LogP contribution in [0.4, 0.5) is 5.69 Å². The maximum absolute atomic E-state index is 12.2. The van der Waals surface area contributed by atoms with Crippen LogP contribution in [0.1, 0.15) is 25.7 Å². The number of halogens is 2. The second kappa shape index (κ2) is 6.86. The Balaban J connectivity index is 1.96. The van der Waals surface area contributed by atoms with Crippen LogP contribution in [0.25, 0.3) is 0 Å². The highest BCUT2D eigenvalue weighted by Crippen LogP contribution is 2.31. The molecule has 1 amide bonds. The fraction of sp³-hybridized carbons (Fsp3) is 0.500. The average Bonchev–Trinajstić information content (AvgIpc) is 2.43. The van der Waals surface area contributed by atoms with Crippen LogP contribution in [0, 0.1) is 11.8 Å². The minimum Gasteiger partial charge on any atom is -0.330 e. The van der Waals surface area contributed by atoms with Gasteiger partial charge in [-0.3, -0.25) is 4.79 Å². The predicted octanol–water partition coefficient (Wildman–Crippen LogP) is 3.92. The maximum Gasteiger partial charge on any atom is 0.227 e. The van der Waals surface area contributed by atoms with E-state index in [4.69, 9.17) is 5.73 Å². The van der Waals surface area contributed by atoms with Gasteiger partial charge >= 0.3 is 0 Å². The molecule has 3 N–H and O–H groups in total. The van der Waals surface area contributed by atoms with Crippen molar-refractivity contribution in [3.63, 3.8) is 0 Å². The van der Waals surface area contributed by atoms with Gasteiger partial charge in [-0.2, -0.15) is 0 Å². The van der Waals surface area contributed by atoms with Crippen LogP contribution in [-0.4, -0.2) is 12.5 Å². The molecule has 0 atom stereocenters. The molecule has 1 aromatic carbocycles. The van der Waals surface area contributed by atoms with E-state index in [2.05, 4.69) is 37.2 Å². The lowest BCUT2D eigenvalue weighted by Crippen LogP contribution is -2.29. The summed E-state index contributed by atoms with van der Waals surface area (Å²) in [6.45, 7) is 0.742. The van der Waals surface area contributed by atoms with Gasteiger partial charge in [0.1, 0.15) is 0 Å². The summed E-state index contributed by atoms with van der Waals surface area (Å²) in [5.74, 6) is 0.838. The van der Waals surface area contributed by atoms with Gasteiger partial charge < -0.3 is 11.1 Å². The zero-order valence-electron chi connectivity index (χ0n) is 10.7. The van der Waals surface area contributed by atoms with Crippen LogP contribution < -0.4 is 11.1 Å². The van der Waals surface area contributed by atoms with E-state index in [0.29, 0.717) is 5.92 Å². The first-order valence-corrected chi connectivity index (χ1v) is 8.14. The summed E-state index contributed by atoms with van der Waals surface area (Å²) in [5, 5.41) is 3.01. The Morgan fingerprint density at radius 1 is 1.26 bits per heavy atom. The van der Waals surface area contributed by atoms with E-state index in [1.54, 1.807) is 0 Å². The van der Waals surface area contributed by atoms with Gasteiger partial charge in [0, 0.05) is 14.9 Å². The smallest absolute Gasteiger partial charge is 0.227 e. The highest BCUT2D eigenvalue weighted by Gasteiger charge is 2.25. The Bertz CT molecular complexity index is 457. The number of amides is 1. The van der Waals surface area contributed by atoms with E-state index in [1.807, 2.05) is 18.2 Å². The van der Waals surface area contributed by atoms with Crippen LogP contribution in [0.3, 0.4) is 0 Å².